The van der Waals surface area contributed by atoms with Crippen LogP contribution in [0.2, 0.25) is 0 Å². The lowest BCUT2D eigenvalue weighted by Gasteiger charge is -2.03. The highest BCUT2D eigenvalue weighted by Gasteiger charge is 2.02. The molecule has 1 heterocycles. The van der Waals surface area contributed by atoms with E-state index in [1.807, 2.05) is 30.3 Å². The van der Waals surface area contributed by atoms with Crippen LogP contribution in [0, 0.1) is 5.95 Å². The molecule has 82 valence electrons. The van der Waals surface area contributed by atoms with Gasteiger partial charge < -0.3 is 5.11 Å². The summed E-state index contributed by atoms with van der Waals surface area (Å²) in [4.78, 5) is 3.80. The largest absolute Gasteiger partial charge is 0.392 e. The molecule has 1 aromatic heterocycles. The van der Waals surface area contributed by atoms with E-state index >= 15 is 0 Å². The van der Waals surface area contributed by atoms with Crippen LogP contribution in [0.1, 0.15) is 16.8 Å². The van der Waals surface area contributed by atoms with Gasteiger partial charge in [0.1, 0.15) is 0 Å². The normalized spacial score (nSPS) is 10.4. The third-order valence-electron chi connectivity index (χ3n) is 2.32. The zero-order valence-electron chi connectivity index (χ0n) is 8.73. The SMILES string of the molecule is OCc1cc(F)nc(Cc2ccccc2)c1. The van der Waals surface area contributed by atoms with Gasteiger partial charge in [-0.2, -0.15) is 4.39 Å². The summed E-state index contributed by atoms with van der Waals surface area (Å²) in [5.41, 5.74) is 2.26. The van der Waals surface area contributed by atoms with Gasteiger partial charge in [0.05, 0.1) is 6.61 Å². The van der Waals surface area contributed by atoms with Gasteiger partial charge in [0.2, 0.25) is 5.95 Å². The highest BCUT2D eigenvalue weighted by molar-refractivity contribution is 5.24. The van der Waals surface area contributed by atoms with E-state index in [4.69, 9.17) is 5.11 Å². The summed E-state index contributed by atoms with van der Waals surface area (Å²) in [5.74, 6) is -0.544. The molecule has 0 aliphatic carbocycles. The van der Waals surface area contributed by atoms with E-state index in [0.29, 0.717) is 17.7 Å². The lowest BCUT2D eigenvalue weighted by Crippen LogP contribution is -1.97. The molecule has 0 saturated carbocycles. The van der Waals surface area contributed by atoms with E-state index in [-0.39, 0.29) is 6.61 Å². The zero-order chi connectivity index (χ0) is 11.4. The van der Waals surface area contributed by atoms with Crippen LogP contribution in [0.25, 0.3) is 0 Å². The van der Waals surface area contributed by atoms with Gasteiger partial charge in [0.25, 0.3) is 0 Å². The van der Waals surface area contributed by atoms with Crippen molar-refractivity contribution in [2.24, 2.45) is 0 Å². The van der Waals surface area contributed by atoms with Crippen LogP contribution < -0.4 is 0 Å². The van der Waals surface area contributed by atoms with Crippen molar-refractivity contribution in [3.8, 4) is 0 Å². The monoisotopic (exact) mass is 217 g/mol. The second-order valence-electron chi connectivity index (χ2n) is 3.61. The molecule has 0 spiro atoms. The first-order chi connectivity index (χ1) is 7.78. The first-order valence-corrected chi connectivity index (χ1v) is 5.08. The van der Waals surface area contributed by atoms with Crippen molar-refractivity contribution in [3.63, 3.8) is 0 Å². The molecule has 0 unspecified atom stereocenters. The van der Waals surface area contributed by atoms with Crippen molar-refractivity contribution in [3.05, 3.63) is 65.2 Å². The minimum Gasteiger partial charge on any atom is -0.392 e. The Labute approximate surface area is 93.4 Å². The summed E-state index contributed by atoms with van der Waals surface area (Å²) in [6.07, 6.45) is 0.575. The maximum Gasteiger partial charge on any atom is 0.213 e. The summed E-state index contributed by atoms with van der Waals surface area (Å²) in [6, 6.07) is 12.7. The van der Waals surface area contributed by atoms with E-state index in [2.05, 4.69) is 4.98 Å². The van der Waals surface area contributed by atoms with Crippen molar-refractivity contribution in [2.45, 2.75) is 13.0 Å². The lowest BCUT2D eigenvalue weighted by molar-refractivity contribution is 0.280. The number of rotatable bonds is 3. The molecule has 0 bridgehead atoms. The first-order valence-electron chi connectivity index (χ1n) is 5.08. The Morgan fingerprint density at radius 2 is 1.81 bits per heavy atom. The molecule has 0 atom stereocenters. The van der Waals surface area contributed by atoms with Gasteiger partial charge in [-0.3, -0.25) is 0 Å². The summed E-state index contributed by atoms with van der Waals surface area (Å²) in [6.45, 7) is -0.165. The third kappa shape index (κ3) is 2.64. The molecular formula is C13H12FNO. The molecule has 0 saturated heterocycles. The minimum absolute atomic E-state index is 0.165. The smallest absolute Gasteiger partial charge is 0.213 e. The predicted molar refractivity (Wildman–Crippen MR) is 59.4 cm³/mol. The summed E-state index contributed by atoms with van der Waals surface area (Å²) >= 11 is 0. The number of aliphatic hydroxyl groups is 1. The fourth-order valence-corrected chi connectivity index (χ4v) is 1.60. The predicted octanol–water partition coefficient (Wildman–Crippen LogP) is 2.30. The van der Waals surface area contributed by atoms with E-state index in [0.717, 1.165) is 5.56 Å². The van der Waals surface area contributed by atoms with Crippen molar-refractivity contribution < 1.29 is 9.50 Å². The minimum atomic E-state index is -0.544. The van der Waals surface area contributed by atoms with Crippen molar-refractivity contribution >= 4 is 0 Å². The summed E-state index contributed by atoms with van der Waals surface area (Å²) in [7, 11) is 0. The second kappa shape index (κ2) is 4.86. The van der Waals surface area contributed by atoms with Gasteiger partial charge in [0, 0.05) is 12.1 Å². The quantitative estimate of drug-likeness (QED) is 0.800. The molecule has 0 fully saturated rings. The number of hydrogen-bond acceptors (Lipinski definition) is 2. The van der Waals surface area contributed by atoms with E-state index in [1.165, 1.54) is 6.07 Å². The van der Waals surface area contributed by atoms with Crippen LogP contribution in [-0.4, -0.2) is 10.1 Å². The zero-order valence-corrected chi connectivity index (χ0v) is 8.73. The molecule has 1 N–H and O–H groups in total. The van der Waals surface area contributed by atoms with Crippen molar-refractivity contribution in [1.29, 1.82) is 0 Å². The number of aromatic nitrogens is 1. The van der Waals surface area contributed by atoms with Crippen LogP contribution in [0.3, 0.4) is 0 Å². The van der Waals surface area contributed by atoms with Crippen molar-refractivity contribution in [2.75, 3.05) is 0 Å². The first kappa shape index (κ1) is 10.8. The molecule has 2 nitrogen and oxygen atoms in total. The highest BCUT2D eigenvalue weighted by atomic mass is 19.1. The Morgan fingerprint density at radius 1 is 1.06 bits per heavy atom. The Bertz CT molecular complexity index is 471. The molecule has 0 aliphatic rings. The summed E-state index contributed by atoms with van der Waals surface area (Å²) in [5, 5.41) is 8.96. The maximum atomic E-state index is 13.1. The second-order valence-corrected chi connectivity index (χ2v) is 3.61. The molecule has 3 heteroatoms. The highest BCUT2D eigenvalue weighted by Crippen LogP contribution is 2.10. The molecular weight excluding hydrogens is 205 g/mol. The molecule has 0 aliphatic heterocycles. The van der Waals surface area contributed by atoms with Crippen LogP contribution >= 0.6 is 0 Å². The molecule has 0 amide bonds. The van der Waals surface area contributed by atoms with Crippen molar-refractivity contribution in [1.82, 2.24) is 4.98 Å². The van der Waals surface area contributed by atoms with Crippen LogP contribution in [0.5, 0.6) is 0 Å². The number of benzene rings is 1. The number of halogens is 1. The Morgan fingerprint density at radius 3 is 2.50 bits per heavy atom. The molecule has 2 rings (SSSR count). The topological polar surface area (TPSA) is 33.1 Å². The van der Waals surface area contributed by atoms with Gasteiger partial charge in [-0.05, 0) is 23.3 Å². The molecule has 2 aromatic rings. The van der Waals surface area contributed by atoms with Gasteiger partial charge in [-0.1, -0.05) is 30.3 Å². The van der Waals surface area contributed by atoms with E-state index < -0.39 is 5.95 Å². The molecule has 16 heavy (non-hydrogen) atoms. The fraction of sp³-hybridized carbons (Fsp3) is 0.154. The summed E-state index contributed by atoms with van der Waals surface area (Å²) < 4.78 is 13.1. The number of aliphatic hydroxyl groups excluding tert-OH is 1. The van der Waals surface area contributed by atoms with Crippen LogP contribution in [-0.2, 0) is 13.0 Å². The average Bonchev–Trinajstić information content (AvgIpc) is 2.29. The van der Waals surface area contributed by atoms with E-state index in [1.54, 1.807) is 6.07 Å². The van der Waals surface area contributed by atoms with Gasteiger partial charge >= 0.3 is 0 Å². The Balaban J connectivity index is 2.24. The van der Waals surface area contributed by atoms with E-state index in [9.17, 15) is 4.39 Å². The van der Waals surface area contributed by atoms with Gasteiger partial charge in [-0.25, -0.2) is 4.98 Å². The van der Waals surface area contributed by atoms with Gasteiger partial charge in [0.15, 0.2) is 0 Å². The number of hydrogen-bond donors (Lipinski definition) is 1. The molecule has 0 radical (unpaired) electrons. The Kier molecular flexibility index (Phi) is 3.27. The Hall–Kier alpha value is -1.74. The maximum absolute atomic E-state index is 13.1. The third-order valence-corrected chi connectivity index (χ3v) is 2.32. The lowest BCUT2D eigenvalue weighted by atomic mass is 10.1. The van der Waals surface area contributed by atoms with Crippen LogP contribution in [0.4, 0.5) is 4.39 Å². The molecule has 1 aromatic carbocycles. The van der Waals surface area contributed by atoms with Gasteiger partial charge in [-0.15, -0.1) is 0 Å². The van der Waals surface area contributed by atoms with Crippen LogP contribution in [0.15, 0.2) is 42.5 Å². The number of nitrogens with zero attached hydrogens (tertiary/aromatic N) is 1. The average molecular weight is 217 g/mol. The number of pyridine rings is 1. The fourth-order valence-electron chi connectivity index (χ4n) is 1.60. The standard InChI is InChI=1S/C13H12FNO/c14-13-8-11(9-16)7-12(15-13)6-10-4-2-1-3-5-10/h1-5,7-8,16H,6,9H2.